The second kappa shape index (κ2) is 8.87. The third kappa shape index (κ3) is 5.00. The first-order valence-electron chi connectivity index (χ1n) is 9.43. The lowest BCUT2D eigenvalue weighted by atomic mass is 10.0. The van der Waals surface area contributed by atoms with Crippen LogP contribution in [0.25, 0.3) is 10.9 Å². The van der Waals surface area contributed by atoms with Crippen LogP contribution in [0, 0.1) is 19.7 Å². The van der Waals surface area contributed by atoms with Crippen molar-refractivity contribution in [3.05, 3.63) is 75.3 Å². The van der Waals surface area contributed by atoms with Crippen molar-refractivity contribution in [2.24, 2.45) is 0 Å². The number of fused-ring (bicyclic) bond motifs is 1. The third-order valence-corrected chi connectivity index (χ3v) is 4.72. The van der Waals surface area contributed by atoms with E-state index >= 15 is 0 Å². The molecule has 0 spiro atoms. The monoisotopic (exact) mass is 397 g/mol. The van der Waals surface area contributed by atoms with Crippen LogP contribution in [0.2, 0.25) is 0 Å². The predicted molar refractivity (Wildman–Crippen MR) is 112 cm³/mol. The van der Waals surface area contributed by atoms with E-state index in [2.05, 4.69) is 10.3 Å². The van der Waals surface area contributed by atoms with E-state index in [0.29, 0.717) is 17.7 Å². The number of rotatable bonds is 6. The topological polar surface area (TPSA) is 85.4 Å². The van der Waals surface area contributed by atoms with Gasteiger partial charge in [0.2, 0.25) is 0 Å². The highest BCUT2D eigenvalue weighted by Gasteiger charge is 2.17. The number of H-pyrrole nitrogens is 1. The lowest BCUT2D eigenvalue weighted by Gasteiger charge is -2.23. The van der Waals surface area contributed by atoms with Gasteiger partial charge in [-0.2, -0.15) is 0 Å². The van der Waals surface area contributed by atoms with Crippen LogP contribution < -0.4 is 10.9 Å². The summed E-state index contributed by atoms with van der Waals surface area (Å²) in [7, 11) is 0. The van der Waals surface area contributed by atoms with Crippen molar-refractivity contribution >= 4 is 22.6 Å². The maximum atomic E-state index is 13.1. The van der Waals surface area contributed by atoms with Gasteiger partial charge < -0.3 is 20.3 Å². The number of halogens is 1. The third-order valence-electron chi connectivity index (χ3n) is 4.72. The van der Waals surface area contributed by atoms with Crippen molar-refractivity contribution in [2.45, 2.75) is 26.8 Å². The fourth-order valence-electron chi connectivity index (χ4n) is 3.29. The Kier molecular flexibility index (Phi) is 6.29. The molecule has 0 aliphatic carbocycles. The number of carbonyl (C=O) groups excluding carboxylic acids is 1. The number of amides is 2. The molecule has 0 aliphatic heterocycles. The molecule has 0 unspecified atom stereocenters. The molecule has 7 heteroatoms. The number of aliphatic hydroxyl groups excluding tert-OH is 1. The van der Waals surface area contributed by atoms with Gasteiger partial charge in [-0.25, -0.2) is 9.18 Å². The lowest BCUT2D eigenvalue weighted by molar-refractivity contribution is 0.199. The molecule has 3 N–H and O–H groups in total. The number of carbonyl (C=O) groups is 1. The van der Waals surface area contributed by atoms with E-state index in [-0.39, 0.29) is 25.3 Å². The maximum absolute atomic E-state index is 13.1. The van der Waals surface area contributed by atoms with Crippen LogP contribution in [0.1, 0.15) is 23.1 Å². The molecule has 3 rings (SSSR count). The van der Waals surface area contributed by atoms with Crippen LogP contribution in [0.4, 0.5) is 14.9 Å². The molecule has 0 saturated heterocycles. The summed E-state index contributed by atoms with van der Waals surface area (Å²) in [5.41, 5.74) is 3.50. The standard InChI is InChI=1S/C22H24FN3O3/c1-14-10-15(2)19-12-16(21(28)25-20(19)11-14)13-26(8-3-9-27)22(29)24-18-6-4-17(23)5-7-18/h4-7,10-12,27H,3,8-9,13H2,1-2H3,(H,24,29)(H,25,28). The highest BCUT2D eigenvalue weighted by atomic mass is 19.1. The molecule has 3 aromatic rings. The Morgan fingerprint density at radius 3 is 2.59 bits per heavy atom. The fraction of sp³-hybridized carbons (Fsp3) is 0.273. The molecule has 2 amide bonds. The molecule has 0 saturated carbocycles. The van der Waals surface area contributed by atoms with Gasteiger partial charge in [0.15, 0.2) is 0 Å². The van der Waals surface area contributed by atoms with E-state index < -0.39 is 11.8 Å². The lowest BCUT2D eigenvalue weighted by Crippen LogP contribution is -2.37. The van der Waals surface area contributed by atoms with E-state index in [1.807, 2.05) is 26.0 Å². The summed E-state index contributed by atoms with van der Waals surface area (Å²) in [5.74, 6) is -0.395. The number of aromatic nitrogens is 1. The van der Waals surface area contributed by atoms with E-state index in [0.717, 1.165) is 22.0 Å². The Morgan fingerprint density at radius 1 is 1.17 bits per heavy atom. The average Bonchev–Trinajstić information content (AvgIpc) is 2.67. The summed E-state index contributed by atoms with van der Waals surface area (Å²) in [6, 6.07) is 10.8. The van der Waals surface area contributed by atoms with Crippen molar-refractivity contribution in [1.82, 2.24) is 9.88 Å². The number of hydrogen-bond acceptors (Lipinski definition) is 3. The number of anilines is 1. The molecule has 0 aliphatic rings. The van der Waals surface area contributed by atoms with E-state index in [4.69, 9.17) is 0 Å². The zero-order chi connectivity index (χ0) is 21.0. The molecule has 0 bridgehead atoms. The number of aliphatic hydroxyl groups is 1. The number of nitrogens with one attached hydrogen (secondary N) is 2. The van der Waals surface area contributed by atoms with Crippen LogP contribution in [0.3, 0.4) is 0 Å². The number of urea groups is 1. The summed E-state index contributed by atoms with van der Waals surface area (Å²) < 4.78 is 13.1. The molecule has 29 heavy (non-hydrogen) atoms. The number of aromatic amines is 1. The fourth-order valence-corrected chi connectivity index (χ4v) is 3.29. The van der Waals surface area contributed by atoms with E-state index in [9.17, 15) is 19.1 Å². The van der Waals surface area contributed by atoms with Gasteiger partial charge in [0.25, 0.3) is 5.56 Å². The number of hydrogen-bond donors (Lipinski definition) is 3. The van der Waals surface area contributed by atoms with Crippen molar-refractivity contribution < 1.29 is 14.3 Å². The van der Waals surface area contributed by atoms with Gasteiger partial charge >= 0.3 is 6.03 Å². The summed E-state index contributed by atoms with van der Waals surface area (Å²) in [4.78, 5) is 29.6. The van der Waals surface area contributed by atoms with Crippen LogP contribution in [0.15, 0.2) is 47.3 Å². The zero-order valence-corrected chi connectivity index (χ0v) is 16.5. The first kappa shape index (κ1) is 20.5. The van der Waals surface area contributed by atoms with Gasteiger partial charge in [-0.3, -0.25) is 4.79 Å². The average molecular weight is 397 g/mol. The first-order valence-corrected chi connectivity index (χ1v) is 9.43. The van der Waals surface area contributed by atoms with Crippen LogP contribution in [-0.4, -0.2) is 34.2 Å². The zero-order valence-electron chi connectivity index (χ0n) is 16.5. The highest BCUT2D eigenvalue weighted by Crippen LogP contribution is 2.19. The van der Waals surface area contributed by atoms with Crippen LogP contribution in [0.5, 0.6) is 0 Å². The molecule has 1 aromatic heterocycles. The largest absolute Gasteiger partial charge is 0.396 e. The molecule has 152 valence electrons. The van der Waals surface area contributed by atoms with E-state index in [1.165, 1.54) is 29.2 Å². The summed E-state index contributed by atoms with van der Waals surface area (Å²) in [6.45, 7) is 4.23. The predicted octanol–water partition coefficient (Wildman–Crippen LogP) is 3.70. The number of benzene rings is 2. The number of pyridine rings is 1. The summed E-state index contributed by atoms with van der Waals surface area (Å²) >= 11 is 0. The molecule has 0 fully saturated rings. The molecule has 2 aromatic carbocycles. The number of aryl methyl sites for hydroxylation is 2. The normalized spacial score (nSPS) is 10.9. The van der Waals surface area contributed by atoms with Crippen LogP contribution in [-0.2, 0) is 6.54 Å². The van der Waals surface area contributed by atoms with E-state index in [1.54, 1.807) is 6.07 Å². The van der Waals surface area contributed by atoms with Gasteiger partial charge in [-0.15, -0.1) is 0 Å². The highest BCUT2D eigenvalue weighted by molar-refractivity contribution is 5.89. The van der Waals surface area contributed by atoms with Crippen molar-refractivity contribution in [2.75, 3.05) is 18.5 Å². The quantitative estimate of drug-likeness (QED) is 0.593. The Hall–Kier alpha value is -3.19. The van der Waals surface area contributed by atoms with Crippen molar-refractivity contribution in [3.63, 3.8) is 0 Å². The maximum Gasteiger partial charge on any atom is 0.322 e. The Bertz CT molecular complexity index is 1080. The van der Waals surface area contributed by atoms with Gasteiger partial charge in [-0.05, 0) is 67.8 Å². The van der Waals surface area contributed by atoms with Crippen molar-refractivity contribution in [1.29, 1.82) is 0 Å². The first-order chi connectivity index (χ1) is 13.9. The smallest absolute Gasteiger partial charge is 0.322 e. The minimum absolute atomic E-state index is 0.0766. The molecule has 0 atom stereocenters. The molecular formula is C22H24FN3O3. The van der Waals surface area contributed by atoms with Crippen molar-refractivity contribution in [3.8, 4) is 0 Å². The van der Waals surface area contributed by atoms with Gasteiger partial charge in [-0.1, -0.05) is 6.07 Å². The van der Waals surface area contributed by atoms with Crippen LogP contribution >= 0.6 is 0 Å². The second-order valence-electron chi connectivity index (χ2n) is 7.10. The molecule has 0 radical (unpaired) electrons. The second-order valence-corrected chi connectivity index (χ2v) is 7.10. The van der Waals surface area contributed by atoms with Gasteiger partial charge in [0.1, 0.15) is 5.82 Å². The Labute approximate surface area is 168 Å². The van der Waals surface area contributed by atoms with Gasteiger partial charge in [0, 0.05) is 35.3 Å². The summed E-state index contributed by atoms with van der Waals surface area (Å²) in [5, 5.41) is 12.8. The Balaban J connectivity index is 1.87. The SMILES string of the molecule is Cc1cc(C)c2cc(CN(CCCO)C(=O)Nc3ccc(F)cc3)c(=O)[nH]c2c1. The molecular weight excluding hydrogens is 373 g/mol. The van der Waals surface area contributed by atoms with Gasteiger partial charge in [0.05, 0.1) is 6.54 Å². The number of nitrogens with zero attached hydrogens (tertiary/aromatic N) is 1. The minimum Gasteiger partial charge on any atom is -0.396 e. The minimum atomic E-state index is -0.426. The molecule has 1 heterocycles. The Morgan fingerprint density at radius 2 is 1.90 bits per heavy atom. The molecule has 6 nitrogen and oxygen atoms in total. The summed E-state index contributed by atoms with van der Waals surface area (Å²) in [6.07, 6.45) is 0.376.